The fraction of sp³-hybridized carbons (Fsp3) is 0.391. The van der Waals surface area contributed by atoms with Gasteiger partial charge in [-0.05, 0) is 42.0 Å². The lowest BCUT2D eigenvalue weighted by atomic mass is 10.0. The van der Waals surface area contributed by atoms with Gasteiger partial charge in [0.25, 0.3) is 0 Å². The summed E-state index contributed by atoms with van der Waals surface area (Å²) in [6.45, 7) is 1.09. The minimum Gasteiger partial charge on any atom is -0.435 e. The Morgan fingerprint density at radius 3 is 2.38 bits per heavy atom. The first kappa shape index (κ1) is 25.1. The molecule has 1 amide bonds. The molecule has 9 heteroatoms. The predicted molar refractivity (Wildman–Crippen MR) is 119 cm³/mol. The zero-order valence-electron chi connectivity index (χ0n) is 18.2. The summed E-state index contributed by atoms with van der Waals surface area (Å²) in [5, 5.41) is 15.3. The van der Waals surface area contributed by atoms with Crippen molar-refractivity contribution in [3.05, 3.63) is 65.2 Å². The second kappa shape index (κ2) is 11.4. The van der Waals surface area contributed by atoms with E-state index in [0.717, 1.165) is 24.0 Å². The summed E-state index contributed by atoms with van der Waals surface area (Å²) in [6, 6.07) is 13.7. The number of hydrogen-bond acceptors (Lipinski definition) is 5. The maximum absolute atomic E-state index is 11.9. The Labute approximate surface area is 186 Å². The number of nitrogens with two attached hydrogens (primary N) is 2. The Bertz CT molecular complexity index is 914. The van der Waals surface area contributed by atoms with Crippen LogP contribution in [0.2, 0.25) is 0 Å². The van der Waals surface area contributed by atoms with E-state index in [2.05, 4.69) is 15.2 Å². The lowest BCUT2D eigenvalue weighted by molar-refractivity contribution is -0.122. The van der Waals surface area contributed by atoms with Gasteiger partial charge in [0.2, 0.25) is 5.91 Å². The molecule has 0 atom stereocenters. The van der Waals surface area contributed by atoms with Crippen LogP contribution in [0.5, 0.6) is 5.75 Å². The van der Waals surface area contributed by atoms with E-state index in [-0.39, 0.29) is 23.8 Å². The number of carbonyl (C=O) groups excluding carboxylic acids is 1. The Balaban J connectivity index is 0.000000258. The lowest BCUT2D eigenvalue weighted by Gasteiger charge is -2.19. The van der Waals surface area contributed by atoms with Crippen LogP contribution in [0.1, 0.15) is 49.8 Å². The number of halogens is 2. The van der Waals surface area contributed by atoms with Crippen LogP contribution in [0.15, 0.2) is 53.6 Å². The van der Waals surface area contributed by atoms with Gasteiger partial charge in [-0.2, -0.15) is 13.9 Å². The molecule has 32 heavy (non-hydrogen) atoms. The highest BCUT2D eigenvalue weighted by Crippen LogP contribution is 2.45. The van der Waals surface area contributed by atoms with E-state index < -0.39 is 6.61 Å². The summed E-state index contributed by atoms with van der Waals surface area (Å²) < 4.78 is 27.5. The quantitative estimate of drug-likeness (QED) is 0.214. The Hall–Kier alpha value is -3.20. The predicted octanol–water partition coefficient (Wildman–Crippen LogP) is 3.20. The molecule has 174 valence electrons. The minimum absolute atomic E-state index is 0.0663. The van der Waals surface area contributed by atoms with Gasteiger partial charge in [0.05, 0.1) is 12.1 Å². The first-order valence-electron chi connectivity index (χ1n) is 10.3. The van der Waals surface area contributed by atoms with Crippen molar-refractivity contribution >= 4 is 11.7 Å². The maximum Gasteiger partial charge on any atom is 0.387 e. The standard InChI is InChI=1S/C15H22N4O.C8H8F2O2/c1-10(2)9-13(20)18-15(7-8-15)12-5-3-11(4-6-12)14(16)19-17;9-8(10)12-7-3-1-2-6(4-7)5-11/h3-6,10H,7-9,17H2,1-2H3,(H2,16,19)(H,18,20);1-4,8,11H,5H2. The topological polar surface area (TPSA) is 123 Å². The number of hydrazone groups is 1. The van der Waals surface area contributed by atoms with Gasteiger partial charge >= 0.3 is 6.61 Å². The molecule has 0 heterocycles. The number of aliphatic hydroxyl groups excluding tert-OH is 1. The van der Waals surface area contributed by atoms with Gasteiger partial charge in [0.15, 0.2) is 0 Å². The molecule has 6 N–H and O–H groups in total. The number of amides is 1. The van der Waals surface area contributed by atoms with E-state index in [1.54, 1.807) is 12.1 Å². The van der Waals surface area contributed by atoms with Gasteiger partial charge in [-0.1, -0.05) is 50.2 Å². The number of ether oxygens (including phenoxy) is 1. The van der Waals surface area contributed by atoms with Crippen molar-refractivity contribution < 1.29 is 23.4 Å². The maximum atomic E-state index is 11.9. The molecule has 0 unspecified atom stereocenters. The van der Waals surface area contributed by atoms with Crippen molar-refractivity contribution in [1.29, 1.82) is 0 Å². The van der Waals surface area contributed by atoms with Gasteiger partial charge in [-0.25, -0.2) is 0 Å². The van der Waals surface area contributed by atoms with E-state index >= 15 is 0 Å². The number of alkyl halides is 2. The second-order valence-electron chi connectivity index (χ2n) is 8.00. The average molecular weight is 449 g/mol. The molecule has 1 fully saturated rings. The van der Waals surface area contributed by atoms with Crippen LogP contribution in [0.25, 0.3) is 0 Å². The fourth-order valence-electron chi connectivity index (χ4n) is 3.15. The number of benzene rings is 2. The van der Waals surface area contributed by atoms with E-state index in [4.69, 9.17) is 16.7 Å². The molecule has 2 aromatic carbocycles. The van der Waals surface area contributed by atoms with Gasteiger partial charge in [0, 0.05) is 12.0 Å². The first-order chi connectivity index (χ1) is 15.2. The van der Waals surface area contributed by atoms with Gasteiger partial charge in [0.1, 0.15) is 11.6 Å². The molecule has 2 aromatic rings. The van der Waals surface area contributed by atoms with Gasteiger partial charge in [-0.3, -0.25) is 4.79 Å². The van der Waals surface area contributed by atoms with Crippen molar-refractivity contribution in [2.24, 2.45) is 22.6 Å². The average Bonchev–Trinajstić information content (AvgIpc) is 3.53. The molecule has 1 aliphatic carbocycles. The van der Waals surface area contributed by atoms with Crippen molar-refractivity contribution in [3.63, 3.8) is 0 Å². The number of carbonyl (C=O) groups is 1. The summed E-state index contributed by atoms with van der Waals surface area (Å²) >= 11 is 0. The van der Waals surface area contributed by atoms with Crippen LogP contribution >= 0.6 is 0 Å². The molecule has 0 bridgehead atoms. The number of nitrogens with one attached hydrogen (secondary N) is 1. The number of aliphatic hydroxyl groups is 1. The van der Waals surface area contributed by atoms with Crippen LogP contribution in [0.4, 0.5) is 8.78 Å². The molecule has 0 saturated heterocycles. The van der Waals surface area contributed by atoms with Crippen LogP contribution in [0, 0.1) is 5.92 Å². The Morgan fingerprint density at radius 2 is 1.88 bits per heavy atom. The number of nitrogens with zero attached hydrogens (tertiary/aromatic N) is 1. The van der Waals surface area contributed by atoms with Gasteiger partial charge < -0.3 is 26.7 Å². The highest BCUT2D eigenvalue weighted by atomic mass is 19.3. The smallest absolute Gasteiger partial charge is 0.387 e. The summed E-state index contributed by atoms with van der Waals surface area (Å²) in [5.74, 6) is 6.02. The van der Waals surface area contributed by atoms with Crippen molar-refractivity contribution in [2.45, 2.75) is 51.9 Å². The SMILES string of the molecule is CC(C)CC(=O)NC1(c2ccc(/C(N)=N/N)cc2)CC1.OCc1cccc(OC(F)F)c1. The second-order valence-corrected chi connectivity index (χ2v) is 8.00. The third kappa shape index (κ3) is 7.49. The monoisotopic (exact) mass is 448 g/mol. The number of hydrogen-bond donors (Lipinski definition) is 4. The summed E-state index contributed by atoms with van der Waals surface area (Å²) in [4.78, 5) is 11.9. The molecule has 7 nitrogen and oxygen atoms in total. The van der Waals surface area contributed by atoms with Crippen LogP contribution < -0.4 is 21.6 Å². The van der Waals surface area contributed by atoms with E-state index in [1.165, 1.54) is 12.1 Å². The molecular weight excluding hydrogens is 418 g/mol. The van der Waals surface area contributed by atoms with Crippen LogP contribution in [-0.2, 0) is 16.9 Å². The summed E-state index contributed by atoms with van der Waals surface area (Å²) in [5.41, 5.74) is 7.93. The Morgan fingerprint density at radius 1 is 1.22 bits per heavy atom. The highest BCUT2D eigenvalue weighted by molar-refractivity contribution is 5.97. The van der Waals surface area contributed by atoms with Gasteiger partial charge in [-0.15, -0.1) is 0 Å². The summed E-state index contributed by atoms with van der Waals surface area (Å²) in [6.07, 6.45) is 2.53. The minimum atomic E-state index is -2.82. The van der Waals surface area contributed by atoms with Crippen molar-refractivity contribution in [1.82, 2.24) is 5.32 Å². The molecular formula is C23H30F2N4O3. The molecule has 3 rings (SSSR count). The lowest BCUT2D eigenvalue weighted by Crippen LogP contribution is -2.35. The van der Waals surface area contributed by atoms with Crippen molar-refractivity contribution in [2.75, 3.05) is 0 Å². The fourth-order valence-corrected chi connectivity index (χ4v) is 3.15. The van der Waals surface area contributed by atoms with E-state index in [1.807, 2.05) is 38.1 Å². The first-order valence-corrected chi connectivity index (χ1v) is 10.3. The Kier molecular flexibility index (Phi) is 8.95. The molecule has 0 aromatic heterocycles. The van der Waals surface area contributed by atoms with E-state index in [0.29, 0.717) is 23.7 Å². The van der Waals surface area contributed by atoms with Crippen LogP contribution in [-0.4, -0.2) is 23.5 Å². The van der Waals surface area contributed by atoms with Crippen molar-refractivity contribution in [3.8, 4) is 5.75 Å². The third-order valence-corrected chi connectivity index (χ3v) is 4.90. The zero-order valence-corrected chi connectivity index (χ0v) is 18.2. The van der Waals surface area contributed by atoms with E-state index in [9.17, 15) is 13.6 Å². The molecule has 0 aliphatic heterocycles. The molecule has 0 spiro atoms. The zero-order chi connectivity index (χ0) is 23.7. The number of rotatable bonds is 8. The highest BCUT2D eigenvalue weighted by Gasteiger charge is 2.45. The largest absolute Gasteiger partial charge is 0.435 e. The number of amidine groups is 1. The molecule has 1 aliphatic rings. The normalized spacial score (nSPS) is 14.5. The summed E-state index contributed by atoms with van der Waals surface area (Å²) in [7, 11) is 0. The molecule has 1 saturated carbocycles. The third-order valence-electron chi connectivity index (χ3n) is 4.90. The van der Waals surface area contributed by atoms with Crippen LogP contribution in [0.3, 0.4) is 0 Å². The molecule has 0 radical (unpaired) electrons.